The molecule has 1 N–H and O–H groups in total. The lowest BCUT2D eigenvalue weighted by Crippen LogP contribution is -2.54. The summed E-state index contributed by atoms with van der Waals surface area (Å²) in [6, 6.07) is 0.693. The highest BCUT2D eigenvalue weighted by molar-refractivity contribution is 5.85. The van der Waals surface area contributed by atoms with Gasteiger partial charge in [0.15, 0.2) is 0 Å². The molecule has 1 spiro atoms. The lowest BCUT2D eigenvalue weighted by molar-refractivity contribution is -0.00510. The number of likely N-dealkylation sites (tertiary alicyclic amines) is 2. The predicted molar refractivity (Wildman–Crippen MR) is 95.0 cm³/mol. The number of rotatable bonds is 3. The Balaban J connectivity index is 1.45. The van der Waals surface area contributed by atoms with Gasteiger partial charge in [0, 0.05) is 32.1 Å². The number of hydrogen-bond donors (Lipinski definition) is 1. The van der Waals surface area contributed by atoms with Gasteiger partial charge in [0.2, 0.25) is 0 Å². The fourth-order valence-electron chi connectivity index (χ4n) is 4.76. The molecule has 0 aromatic rings. The summed E-state index contributed by atoms with van der Waals surface area (Å²) in [4.78, 5) is 20.5. The highest BCUT2D eigenvalue weighted by atomic mass is 16.5. The van der Waals surface area contributed by atoms with Crippen molar-refractivity contribution in [1.82, 2.24) is 15.1 Å². The Hall–Kier alpha value is -1.56. The molecule has 2 heterocycles. The second-order valence-corrected chi connectivity index (χ2v) is 7.47. The maximum atomic E-state index is 11.7. The van der Waals surface area contributed by atoms with Crippen molar-refractivity contribution >= 4 is 11.9 Å². The molecular formula is C18H30N4O2. The number of nitrogens with zero attached hydrogens (tertiary/aromatic N) is 3. The fraction of sp³-hybridized carbons (Fsp3) is 0.778. The molecule has 0 atom stereocenters. The molecule has 0 radical (unpaired) electrons. The van der Waals surface area contributed by atoms with E-state index in [2.05, 4.69) is 21.8 Å². The normalized spacial score (nSPS) is 31.8. The Morgan fingerprint density at radius 2 is 2.04 bits per heavy atom. The number of amides is 1. The molecule has 0 unspecified atom stereocenters. The minimum absolute atomic E-state index is 0.169. The third-order valence-electron chi connectivity index (χ3n) is 6.13. The third kappa shape index (κ3) is 3.29. The zero-order valence-electron chi connectivity index (χ0n) is 15.0. The summed E-state index contributed by atoms with van der Waals surface area (Å²) in [6.07, 6.45) is 7.45. The first-order chi connectivity index (χ1) is 11.6. The van der Waals surface area contributed by atoms with Crippen molar-refractivity contribution in [2.75, 3.05) is 40.3 Å². The highest BCUT2D eigenvalue weighted by Gasteiger charge is 2.51. The predicted octanol–water partition coefficient (Wildman–Crippen LogP) is 2.08. The van der Waals surface area contributed by atoms with Crippen LogP contribution in [0.2, 0.25) is 0 Å². The largest absolute Gasteiger partial charge is 0.453 e. The number of amidine groups is 1. The molecule has 6 heteroatoms. The summed E-state index contributed by atoms with van der Waals surface area (Å²) in [7, 11) is 3.32. The van der Waals surface area contributed by atoms with Crippen LogP contribution in [0.3, 0.4) is 0 Å². The van der Waals surface area contributed by atoms with Crippen LogP contribution >= 0.6 is 0 Å². The molecule has 2 saturated heterocycles. The van der Waals surface area contributed by atoms with E-state index in [-0.39, 0.29) is 6.09 Å². The molecular weight excluding hydrogens is 304 g/mol. The minimum atomic E-state index is -0.169. The highest BCUT2D eigenvalue weighted by Crippen LogP contribution is 2.50. The van der Waals surface area contributed by atoms with Crippen LogP contribution in [0.5, 0.6) is 0 Å². The molecule has 0 aromatic carbocycles. The first kappa shape index (κ1) is 17.3. The standard InChI is InChI=1S/C18H30N4O2/c1-4-20-16(19-2)14-5-8-21(9-6-14)15-11-18(12-15)7-10-22(13-18)17(23)24-3/h4,14-15H,1,5-13H2,2-3H3,(H,19,20). The van der Waals surface area contributed by atoms with Crippen molar-refractivity contribution in [3.63, 3.8) is 0 Å². The number of carbonyl (C=O) groups is 1. The Labute approximate surface area is 144 Å². The molecule has 1 saturated carbocycles. The van der Waals surface area contributed by atoms with Gasteiger partial charge in [-0.15, -0.1) is 0 Å². The van der Waals surface area contributed by atoms with Crippen molar-refractivity contribution in [3.8, 4) is 0 Å². The van der Waals surface area contributed by atoms with Crippen LogP contribution < -0.4 is 5.32 Å². The van der Waals surface area contributed by atoms with Gasteiger partial charge in [-0.2, -0.15) is 0 Å². The van der Waals surface area contributed by atoms with Crippen molar-refractivity contribution in [1.29, 1.82) is 0 Å². The van der Waals surface area contributed by atoms with Gasteiger partial charge in [-0.25, -0.2) is 4.79 Å². The third-order valence-corrected chi connectivity index (χ3v) is 6.13. The van der Waals surface area contributed by atoms with Crippen molar-refractivity contribution < 1.29 is 9.53 Å². The summed E-state index contributed by atoms with van der Waals surface area (Å²) in [5.74, 6) is 1.60. The van der Waals surface area contributed by atoms with Crippen LogP contribution in [0.25, 0.3) is 0 Å². The van der Waals surface area contributed by atoms with Gasteiger partial charge in [-0.05, 0) is 56.8 Å². The van der Waals surface area contributed by atoms with Crippen molar-refractivity contribution in [2.24, 2.45) is 16.3 Å². The second-order valence-electron chi connectivity index (χ2n) is 7.47. The van der Waals surface area contributed by atoms with Crippen molar-refractivity contribution in [2.45, 2.75) is 38.1 Å². The monoisotopic (exact) mass is 334 g/mol. The molecule has 3 rings (SSSR count). The maximum absolute atomic E-state index is 11.7. The summed E-state index contributed by atoms with van der Waals surface area (Å²) >= 11 is 0. The molecule has 1 aliphatic carbocycles. The van der Waals surface area contributed by atoms with Crippen LogP contribution in [0.4, 0.5) is 4.79 Å². The molecule has 0 aromatic heterocycles. The van der Waals surface area contributed by atoms with E-state index in [1.165, 1.54) is 20.0 Å². The molecule has 6 nitrogen and oxygen atoms in total. The van der Waals surface area contributed by atoms with Crippen LogP contribution in [-0.2, 0) is 4.74 Å². The average molecular weight is 334 g/mol. The molecule has 0 bridgehead atoms. The SMILES string of the molecule is C=CNC(=NC)C1CCN(C2CC3(CCN(C(=O)OC)C3)C2)CC1. The van der Waals surface area contributed by atoms with Gasteiger partial charge in [-0.3, -0.25) is 4.99 Å². The number of carbonyl (C=O) groups excluding carboxylic acids is 1. The zero-order chi connectivity index (χ0) is 17.2. The van der Waals surface area contributed by atoms with Gasteiger partial charge in [0.1, 0.15) is 5.84 Å². The number of piperidine rings is 1. The quantitative estimate of drug-likeness (QED) is 0.634. The molecule has 24 heavy (non-hydrogen) atoms. The minimum Gasteiger partial charge on any atom is -0.453 e. The van der Waals surface area contributed by atoms with Crippen LogP contribution in [0, 0.1) is 11.3 Å². The summed E-state index contributed by atoms with van der Waals surface area (Å²) in [5, 5.41) is 3.18. The molecule has 3 aliphatic rings. The topological polar surface area (TPSA) is 57.2 Å². The Morgan fingerprint density at radius 1 is 1.33 bits per heavy atom. The first-order valence-corrected chi connectivity index (χ1v) is 9.02. The summed E-state index contributed by atoms with van der Waals surface area (Å²) < 4.78 is 4.86. The fourth-order valence-corrected chi connectivity index (χ4v) is 4.76. The van der Waals surface area contributed by atoms with E-state index < -0.39 is 0 Å². The maximum Gasteiger partial charge on any atom is 0.409 e. The number of aliphatic imine (C=N–C) groups is 1. The summed E-state index contributed by atoms with van der Waals surface area (Å²) in [5.41, 5.74) is 0.357. The van der Waals surface area contributed by atoms with E-state index in [0.29, 0.717) is 17.4 Å². The zero-order valence-corrected chi connectivity index (χ0v) is 15.0. The smallest absolute Gasteiger partial charge is 0.409 e. The molecule has 3 fully saturated rings. The van der Waals surface area contributed by atoms with E-state index in [4.69, 9.17) is 4.74 Å². The number of ether oxygens (including phenoxy) is 1. The summed E-state index contributed by atoms with van der Waals surface area (Å²) in [6.45, 7) is 7.75. The van der Waals surface area contributed by atoms with E-state index in [1.807, 2.05) is 11.9 Å². The van der Waals surface area contributed by atoms with Crippen molar-refractivity contribution in [3.05, 3.63) is 12.8 Å². The van der Waals surface area contributed by atoms with Gasteiger partial charge < -0.3 is 19.9 Å². The van der Waals surface area contributed by atoms with Gasteiger partial charge in [0.05, 0.1) is 7.11 Å². The number of methoxy groups -OCH3 is 1. The number of hydrogen-bond acceptors (Lipinski definition) is 4. The van der Waals surface area contributed by atoms with Gasteiger partial charge in [-0.1, -0.05) is 6.58 Å². The van der Waals surface area contributed by atoms with Crippen LogP contribution in [0.1, 0.15) is 32.1 Å². The van der Waals surface area contributed by atoms with E-state index in [9.17, 15) is 4.79 Å². The van der Waals surface area contributed by atoms with Crippen LogP contribution in [-0.4, -0.2) is 68.1 Å². The van der Waals surface area contributed by atoms with E-state index >= 15 is 0 Å². The Morgan fingerprint density at radius 3 is 2.62 bits per heavy atom. The average Bonchev–Trinajstić information content (AvgIpc) is 3.03. The van der Waals surface area contributed by atoms with E-state index in [0.717, 1.165) is 51.3 Å². The Kier molecular flexibility index (Phi) is 5.13. The Bertz CT molecular complexity index is 505. The lowest BCUT2D eigenvalue weighted by Gasteiger charge is -2.51. The number of nitrogens with one attached hydrogen (secondary N) is 1. The lowest BCUT2D eigenvalue weighted by atomic mass is 9.64. The van der Waals surface area contributed by atoms with Crippen LogP contribution in [0.15, 0.2) is 17.8 Å². The first-order valence-electron chi connectivity index (χ1n) is 9.02. The molecule has 2 aliphatic heterocycles. The molecule has 134 valence electrons. The van der Waals surface area contributed by atoms with Gasteiger partial charge >= 0.3 is 6.09 Å². The van der Waals surface area contributed by atoms with E-state index in [1.54, 1.807) is 6.20 Å². The second kappa shape index (κ2) is 7.13. The van der Waals surface area contributed by atoms with Gasteiger partial charge in [0.25, 0.3) is 0 Å². The molecule has 1 amide bonds.